The van der Waals surface area contributed by atoms with Crippen LogP contribution < -0.4 is 16.4 Å². The molecule has 0 aliphatic carbocycles. The van der Waals surface area contributed by atoms with Crippen molar-refractivity contribution in [2.45, 2.75) is 19.1 Å². The maximum atomic E-state index is 12.5. The molecule has 0 aliphatic rings. The maximum Gasteiger partial charge on any atom is 0.451 e. The fourth-order valence-corrected chi connectivity index (χ4v) is 1.38. The monoisotopic (exact) mass is 307 g/mol. The van der Waals surface area contributed by atoms with E-state index in [-0.39, 0.29) is 11.6 Å². The Labute approximate surface area is 119 Å². The van der Waals surface area contributed by atoms with Crippen LogP contribution in [0.25, 0.3) is 0 Å². The van der Waals surface area contributed by atoms with Gasteiger partial charge >= 0.3 is 6.18 Å². The summed E-state index contributed by atoms with van der Waals surface area (Å²) in [5.74, 6) is -2.29. The molecule has 0 radical (unpaired) electrons. The number of nitrogens with two attached hydrogens (primary N) is 1. The predicted molar refractivity (Wildman–Crippen MR) is 69.4 cm³/mol. The number of aromatic nitrogens is 2. The van der Waals surface area contributed by atoms with E-state index in [0.29, 0.717) is 13.2 Å². The van der Waals surface area contributed by atoms with Crippen molar-refractivity contribution in [3.8, 4) is 0 Å². The van der Waals surface area contributed by atoms with Crippen molar-refractivity contribution in [2.75, 3.05) is 31.3 Å². The average molecular weight is 307 g/mol. The number of alkyl halides is 3. The highest BCUT2D eigenvalue weighted by Crippen LogP contribution is 2.27. The Morgan fingerprint density at radius 1 is 1.48 bits per heavy atom. The highest BCUT2D eigenvalue weighted by Gasteiger charge is 2.35. The fourth-order valence-electron chi connectivity index (χ4n) is 1.38. The molecule has 1 aromatic heterocycles. The zero-order chi connectivity index (χ0) is 16.0. The number of carbonyl (C=O) groups is 1. The van der Waals surface area contributed by atoms with Crippen molar-refractivity contribution in [3.05, 3.63) is 11.9 Å². The Morgan fingerprint density at radius 2 is 2.14 bits per heavy atom. The number of anilines is 2. The van der Waals surface area contributed by atoms with Crippen molar-refractivity contribution in [1.82, 2.24) is 15.3 Å². The van der Waals surface area contributed by atoms with Gasteiger partial charge in [0.1, 0.15) is 17.7 Å². The standard InChI is InChI=1S/C11H16F3N5O2/c1-6(9(20)16-3-4-21-2)17-8-5-7(15)18-10(19-8)11(12,13)14/h5-6H,3-4H2,1-2H3,(H,16,20)(H3,15,17,18,19). The summed E-state index contributed by atoms with van der Waals surface area (Å²) in [6.07, 6.45) is -4.71. The lowest BCUT2D eigenvalue weighted by molar-refractivity contribution is -0.144. The molecule has 10 heteroatoms. The van der Waals surface area contributed by atoms with Crippen LogP contribution >= 0.6 is 0 Å². The Morgan fingerprint density at radius 3 is 2.71 bits per heavy atom. The van der Waals surface area contributed by atoms with Crippen molar-refractivity contribution >= 4 is 17.5 Å². The Kier molecular flexibility index (Phi) is 5.70. The molecule has 0 saturated heterocycles. The first-order valence-corrected chi connectivity index (χ1v) is 5.99. The lowest BCUT2D eigenvalue weighted by Gasteiger charge is -2.15. The topological polar surface area (TPSA) is 102 Å². The molecule has 1 rings (SSSR count). The van der Waals surface area contributed by atoms with E-state index in [1.54, 1.807) is 0 Å². The van der Waals surface area contributed by atoms with Crippen molar-refractivity contribution in [1.29, 1.82) is 0 Å². The first-order chi connectivity index (χ1) is 9.74. The van der Waals surface area contributed by atoms with Gasteiger partial charge in [0.2, 0.25) is 11.7 Å². The average Bonchev–Trinajstić information content (AvgIpc) is 2.37. The summed E-state index contributed by atoms with van der Waals surface area (Å²) < 4.78 is 42.4. The zero-order valence-corrected chi connectivity index (χ0v) is 11.5. The Bertz CT molecular complexity index is 495. The van der Waals surface area contributed by atoms with Gasteiger partial charge in [-0.05, 0) is 6.92 Å². The van der Waals surface area contributed by atoms with Crippen molar-refractivity contribution in [2.24, 2.45) is 0 Å². The quantitative estimate of drug-likeness (QED) is 0.667. The van der Waals surface area contributed by atoms with Crippen LogP contribution in [0.15, 0.2) is 6.07 Å². The molecule has 0 saturated carbocycles. The second-order valence-electron chi connectivity index (χ2n) is 4.15. The number of carbonyl (C=O) groups excluding carboxylic acids is 1. The molecule has 1 unspecified atom stereocenters. The van der Waals surface area contributed by atoms with E-state index in [2.05, 4.69) is 20.6 Å². The molecule has 1 heterocycles. The van der Waals surface area contributed by atoms with Crippen LogP contribution in [0.3, 0.4) is 0 Å². The van der Waals surface area contributed by atoms with E-state index < -0.39 is 23.9 Å². The zero-order valence-electron chi connectivity index (χ0n) is 11.5. The van der Waals surface area contributed by atoms with E-state index in [0.717, 1.165) is 6.07 Å². The second kappa shape index (κ2) is 7.07. The number of nitrogen functional groups attached to an aromatic ring is 1. The summed E-state index contributed by atoms with van der Waals surface area (Å²) in [4.78, 5) is 18.1. The second-order valence-corrected chi connectivity index (χ2v) is 4.15. The normalized spacial score (nSPS) is 12.8. The van der Waals surface area contributed by atoms with Crippen LogP contribution in [0, 0.1) is 0 Å². The molecule has 0 fully saturated rings. The molecule has 4 N–H and O–H groups in total. The van der Waals surface area contributed by atoms with Crippen LogP contribution in [-0.4, -0.2) is 42.2 Å². The number of ether oxygens (including phenoxy) is 1. The van der Waals surface area contributed by atoms with Crippen LogP contribution in [0.1, 0.15) is 12.7 Å². The van der Waals surface area contributed by atoms with E-state index in [4.69, 9.17) is 10.5 Å². The van der Waals surface area contributed by atoms with Gasteiger partial charge in [0.05, 0.1) is 6.61 Å². The predicted octanol–water partition coefficient (Wildman–Crippen LogP) is 0.641. The van der Waals surface area contributed by atoms with Gasteiger partial charge in [-0.2, -0.15) is 13.2 Å². The van der Waals surface area contributed by atoms with Gasteiger partial charge in [0.15, 0.2) is 0 Å². The van der Waals surface area contributed by atoms with Crippen LogP contribution in [0.5, 0.6) is 0 Å². The summed E-state index contributed by atoms with van der Waals surface area (Å²) in [5, 5.41) is 5.08. The van der Waals surface area contributed by atoms with Gasteiger partial charge in [0.25, 0.3) is 0 Å². The number of nitrogens with one attached hydrogen (secondary N) is 2. The molecule has 7 nitrogen and oxygen atoms in total. The van der Waals surface area contributed by atoms with E-state index in [1.165, 1.54) is 14.0 Å². The van der Waals surface area contributed by atoms with Crippen molar-refractivity contribution in [3.63, 3.8) is 0 Å². The third-order valence-electron chi connectivity index (χ3n) is 2.36. The van der Waals surface area contributed by atoms with E-state index >= 15 is 0 Å². The Balaban J connectivity index is 2.74. The Hall–Kier alpha value is -2.10. The third kappa shape index (κ3) is 5.42. The molecular weight excluding hydrogens is 291 g/mol. The molecule has 21 heavy (non-hydrogen) atoms. The summed E-state index contributed by atoms with van der Waals surface area (Å²) >= 11 is 0. The molecule has 0 spiro atoms. The SMILES string of the molecule is COCCNC(=O)C(C)Nc1cc(N)nc(C(F)(F)F)n1. The van der Waals surface area contributed by atoms with Crippen LogP contribution in [0.2, 0.25) is 0 Å². The lowest BCUT2D eigenvalue weighted by Crippen LogP contribution is -2.39. The number of methoxy groups -OCH3 is 1. The molecule has 118 valence electrons. The highest BCUT2D eigenvalue weighted by atomic mass is 19.4. The van der Waals surface area contributed by atoms with E-state index in [1.807, 2.05) is 0 Å². The van der Waals surface area contributed by atoms with Gasteiger partial charge in [0, 0.05) is 19.7 Å². The first-order valence-electron chi connectivity index (χ1n) is 5.99. The van der Waals surface area contributed by atoms with Crippen LogP contribution in [-0.2, 0) is 15.7 Å². The summed E-state index contributed by atoms with van der Waals surface area (Å²) in [7, 11) is 1.48. The summed E-state index contributed by atoms with van der Waals surface area (Å²) in [6.45, 7) is 2.10. The molecule has 0 aromatic carbocycles. The third-order valence-corrected chi connectivity index (χ3v) is 2.36. The number of nitrogens with zero attached hydrogens (tertiary/aromatic N) is 2. The van der Waals surface area contributed by atoms with Gasteiger partial charge in [-0.25, -0.2) is 9.97 Å². The number of halogens is 3. The number of rotatable bonds is 6. The smallest absolute Gasteiger partial charge is 0.384 e. The minimum Gasteiger partial charge on any atom is -0.384 e. The van der Waals surface area contributed by atoms with Crippen molar-refractivity contribution < 1.29 is 22.7 Å². The highest BCUT2D eigenvalue weighted by molar-refractivity contribution is 5.83. The molecule has 0 aliphatic heterocycles. The van der Waals surface area contributed by atoms with Gasteiger partial charge in [-0.3, -0.25) is 4.79 Å². The molecule has 1 aromatic rings. The molecular formula is C11H16F3N5O2. The number of hydrogen-bond acceptors (Lipinski definition) is 6. The van der Waals surface area contributed by atoms with Gasteiger partial charge in [-0.1, -0.05) is 0 Å². The van der Waals surface area contributed by atoms with E-state index in [9.17, 15) is 18.0 Å². The fraction of sp³-hybridized carbons (Fsp3) is 0.545. The maximum absolute atomic E-state index is 12.5. The molecule has 0 bridgehead atoms. The van der Waals surface area contributed by atoms with Gasteiger partial charge < -0.3 is 21.1 Å². The minimum absolute atomic E-state index is 0.177. The number of hydrogen-bond donors (Lipinski definition) is 3. The lowest BCUT2D eigenvalue weighted by atomic mass is 10.3. The summed E-state index contributed by atoms with van der Waals surface area (Å²) in [5.41, 5.74) is 5.30. The molecule has 1 amide bonds. The molecule has 1 atom stereocenters. The number of amides is 1. The largest absolute Gasteiger partial charge is 0.451 e. The van der Waals surface area contributed by atoms with Gasteiger partial charge in [-0.15, -0.1) is 0 Å². The minimum atomic E-state index is -4.71. The van der Waals surface area contributed by atoms with Crippen LogP contribution in [0.4, 0.5) is 24.8 Å². The summed E-state index contributed by atoms with van der Waals surface area (Å²) in [6, 6.07) is 0.325. The first kappa shape index (κ1) is 17.0.